The number of halogens is 1. The second-order valence-corrected chi connectivity index (χ2v) is 5.71. The molecule has 0 saturated carbocycles. The Morgan fingerprint density at radius 1 is 0.955 bits per heavy atom. The molecule has 0 unspecified atom stereocenters. The molecule has 1 N–H and O–H groups in total. The van der Waals surface area contributed by atoms with E-state index in [1.807, 2.05) is 18.2 Å². The quantitative estimate of drug-likeness (QED) is 0.909. The van der Waals surface area contributed by atoms with Crippen molar-refractivity contribution in [2.75, 3.05) is 37.6 Å². The van der Waals surface area contributed by atoms with Gasteiger partial charge in [-0.25, -0.2) is 4.39 Å². The molecule has 1 aliphatic rings. The van der Waals surface area contributed by atoms with Crippen molar-refractivity contribution in [3.63, 3.8) is 0 Å². The van der Waals surface area contributed by atoms with E-state index in [-0.39, 0.29) is 5.82 Å². The molecule has 1 aliphatic heterocycles. The van der Waals surface area contributed by atoms with Crippen LogP contribution in [0, 0.1) is 5.82 Å². The molecule has 0 radical (unpaired) electrons. The largest absolute Gasteiger partial charge is 0.358 e. The van der Waals surface area contributed by atoms with E-state index in [2.05, 4.69) is 41.3 Å². The topological polar surface area (TPSA) is 7.68 Å². The molecule has 0 amide bonds. The molecule has 3 heteroatoms. The fourth-order valence-corrected chi connectivity index (χ4v) is 2.90. The van der Waals surface area contributed by atoms with Crippen LogP contribution in [0.15, 0.2) is 60.7 Å². The molecular weight excluding hydrogens is 275 g/mol. The summed E-state index contributed by atoms with van der Waals surface area (Å²) >= 11 is 0. The molecule has 0 atom stereocenters. The van der Waals surface area contributed by atoms with Crippen LogP contribution in [0.25, 0.3) is 6.08 Å². The Bertz CT molecular complexity index is 616. The summed E-state index contributed by atoms with van der Waals surface area (Å²) in [6.07, 6.45) is 4.42. The number of rotatable bonds is 4. The molecule has 2 nitrogen and oxygen atoms in total. The Kier molecular flexibility index (Phi) is 4.86. The monoisotopic (exact) mass is 297 g/mol. The van der Waals surface area contributed by atoms with Crippen molar-refractivity contribution in [3.8, 4) is 0 Å². The molecule has 0 bridgehead atoms. The van der Waals surface area contributed by atoms with E-state index in [1.165, 1.54) is 11.6 Å². The molecule has 2 aromatic carbocycles. The van der Waals surface area contributed by atoms with Crippen LogP contribution < -0.4 is 9.80 Å². The second kappa shape index (κ2) is 7.23. The van der Waals surface area contributed by atoms with Gasteiger partial charge in [-0.15, -0.1) is 0 Å². The normalized spacial score (nSPS) is 16.3. The molecule has 114 valence electrons. The van der Waals surface area contributed by atoms with Gasteiger partial charge < -0.3 is 9.80 Å². The maximum absolute atomic E-state index is 13.8. The fraction of sp³-hybridized carbons (Fsp3) is 0.263. The number of hydrogen-bond donors (Lipinski definition) is 1. The van der Waals surface area contributed by atoms with Crippen molar-refractivity contribution in [3.05, 3.63) is 72.1 Å². The van der Waals surface area contributed by atoms with Crippen LogP contribution in [0.1, 0.15) is 5.56 Å². The zero-order valence-corrected chi connectivity index (χ0v) is 12.7. The van der Waals surface area contributed by atoms with Gasteiger partial charge in [0.1, 0.15) is 5.82 Å². The Labute approximate surface area is 131 Å². The minimum Gasteiger partial charge on any atom is -0.358 e. The van der Waals surface area contributed by atoms with Gasteiger partial charge in [0.2, 0.25) is 0 Å². The minimum absolute atomic E-state index is 0.116. The summed E-state index contributed by atoms with van der Waals surface area (Å²) in [5.41, 5.74) is 1.98. The first kappa shape index (κ1) is 14.8. The fourth-order valence-electron chi connectivity index (χ4n) is 2.90. The van der Waals surface area contributed by atoms with Gasteiger partial charge in [0.15, 0.2) is 0 Å². The second-order valence-electron chi connectivity index (χ2n) is 5.71. The van der Waals surface area contributed by atoms with Gasteiger partial charge in [-0.1, -0.05) is 48.5 Å². The SMILES string of the molecule is Fc1ccccc1N1CC[NH+](C/C=C\c2ccccc2)CC1. The average molecular weight is 297 g/mol. The van der Waals surface area contributed by atoms with Crippen molar-refractivity contribution >= 4 is 11.8 Å². The van der Waals surface area contributed by atoms with Gasteiger partial charge in [-0.05, 0) is 23.8 Å². The summed E-state index contributed by atoms with van der Waals surface area (Å²) in [5.74, 6) is -0.116. The van der Waals surface area contributed by atoms with E-state index in [4.69, 9.17) is 0 Å². The van der Waals surface area contributed by atoms with Crippen LogP contribution >= 0.6 is 0 Å². The summed E-state index contributed by atoms with van der Waals surface area (Å²) < 4.78 is 13.8. The van der Waals surface area contributed by atoms with Gasteiger partial charge >= 0.3 is 0 Å². The predicted molar refractivity (Wildman–Crippen MR) is 89.7 cm³/mol. The Morgan fingerprint density at radius 3 is 2.36 bits per heavy atom. The molecule has 1 heterocycles. The van der Waals surface area contributed by atoms with Gasteiger partial charge in [0, 0.05) is 0 Å². The molecule has 0 spiro atoms. The molecule has 1 saturated heterocycles. The number of para-hydroxylation sites is 1. The molecule has 0 aliphatic carbocycles. The number of hydrogen-bond acceptors (Lipinski definition) is 1. The van der Waals surface area contributed by atoms with Crippen LogP contribution in [0.4, 0.5) is 10.1 Å². The first-order valence-electron chi connectivity index (χ1n) is 7.87. The van der Waals surface area contributed by atoms with Crippen LogP contribution in [0.5, 0.6) is 0 Å². The maximum atomic E-state index is 13.8. The third kappa shape index (κ3) is 3.74. The van der Waals surface area contributed by atoms with Gasteiger partial charge in [-0.3, -0.25) is 0 Å². The standard InChI is InChI=1S/C19H21FN2/c20-18-10-4-5-11-19(18)22-15-13-21(14-16-22)12-6-9-17-7-2-1-3-8-17/h1-11H,12-16H2/p+1/b9-6-. The Morgan fingerprint density at radius 2 is 1.64 bits per heavy atom. The number of piperazine rings is 1. The number of quaternary nitrogens is 1. The van der Waals surface area contributed by atoms with E-state index in [0.717, 1.165) is 38.4 Å². The van der Waals surface area contributed by atoms with Crippen molar-refractivity contribution in [1.82, 2.24) is 0 Å². The van der Waals surface area contributed by atoms with E-state index in [0.29, 0.717) is 0 Å². The highest BCUT2D eigenvalue weighted by Gasteiger charge is 2.20. The lowest BCUT2D eigenvalue weighted by atomic mass is 10.2. The number of anilines is 1. The predicted octanol–water partition coefficient (Wildman–Crippen LogP) is 2.24. The van der Waals surface area contributed by atoms with Crippen LogP contribution in [0.2, 0.25) is 0 Å². The lowest BCUT2D eigenvalue weighted by molar-refractivity contribution is -0.894. The van der Waals surface area contributed by atoms with Crippen molar-refractivity contribution < 1.29 is 9.29 Å². The van der Waals surface area contributed by atoms with Gasteiger partial charge in [0.05, 0.1) is 38.4 Å². The smallest absolute Gasteiger partial charge is 0.146 e. The lowest BCUT2D eigenvalue weighted by Gasteiger charge is -2.33. The molecule has 1 fully saturated rings. The van der Waals surface area contributed by atoms with E-state index < -0.39 is 0 Å². The molecule has 3 rings (SSSR count). The van der Waals surface area contributed by atoms with E-state index >= 15 is 0 Å². The average Bonchev–Trinajstić information content (AvgIpc) is 2.57. The zero-order valence-electron chi connectivity index (χ0n) is 12.7. The lowest BCUT2D eigenvalue weighted by Crippen LogP contribution is -3.14. The summed E-state index contributed by atoms with van der Waals surface area (Å²) in [7, 11) is 0. The summed E-state index contributed by atoms with van der Waals surface area (Å²) in [5, 5.41) is 0. The van der Waals surface area contributed by atoms with Crippen molar-refractivity contribution in [2.24, 2.45) is 0 Å². The summed E-state index contributed by atoms with van der Waals surface area (Å²) in [4.78, 5) is 3.71. The highest BCUT2D eigenvalue weighted by Crippen LogP contribution is 2.18. The van der Waals surface area contributed by atoms with Crippen molar-refractivity contribution in [1.29, 1.82) is 0 Å². The number of nitrogens with zero attached hydrogens (tertiary/aromatic N) is 1. The van der Waals surface area contributed by atoms with Crippen LogP contribution in [0.3, 0.4) is 0 Å². The first-order valence-corrected chi connectivity index (χ1v) is 7.87. The van der Waals surface area contributed by atoms with E-state index in [1.54, 1.807) is 11.0 Å². The highest BCUT2D eigenvalue weighted by atomic mass is 19.1. The van der Waals surface area contributed by atoms with Gasteiger partial charge in [-0.2, -0.15) is 0 Å². The first-order chi connectivity index (χ1) is 10.8. The highest BCUT2D eigenvalue weighted by molar-refractivity contribution is 5.49. The molecular formula is C19H22FN2+. The maximum Gasteiger partial charge on any atom is 0.146 e. The van der Waals surface area contributed by atoms with Crippen molar-refractivity contribution in [2.45, 2.75) is 0 Å². The van der Waals surface area contributed by atoms with Crippen LogP contribution in [-0.2, 0) is 0 Å². The number of benzene rings is 2. The number of nitrogens with one attached hydrogen (secondary N) is 1. The van der Waals surface area contributed by atoms with Crippen LogP contribution in [-0.4, -0.2) is 32.7 Å². The van der Waals surface area contributed by atoms with E-state index in [9.17, 15) is 4.39 Å². The zero-order chi connectivity index (χ0) is 15.2. The third-order valence-electron chi connectivity index (χ3n) is 4.18. The molecule has 0 aromatic heterocycles. The third-order valence-corrected chi connectivity index (χ3v) is 4.18. The molecule has 22 heavy (non-hydrogen) atoms. The Balaban J connectivity index is 1.50. The van der Waals surface area contributed by atoms with Gasteiger partial charge in [0.25, 0.3) is 0 Å². The molecule has 2 aromatic rings. The summed E-state index contributed by atoms with van der Waals surface area (Å²) in [6.45, 7) is 4.95. The minimum atomic E-state index is -0.116. The summed E-state index contributed by atoms with van der Waals surface area (Å²) in [6, 6.07) is 17.4. The Hall–Kier alpha value is -2.13.